The minimum absolute atomic E-state index is 0.0184. The Kier molecular flexibility index (Phi) is 5.07. The lowest BCUT2D eigenvalue weighted by atomic mass is 9.88. The second kappa shape index (κ2) is 6.46. The smallest absolute Gasteiger partial charge is 0.246 e. The summed E-state index contributed by atoms with van der Waals surface area (Å²) >= 11 is 3.40. The molecule has 0 aromatic heterocycles. The number of halogens is 1. The quantitative estimate of drug-likeness (QED) is 0.874. The van der Waals surface area contributed by atoms with E-state index in [1.807, 2.05) is 36.1 Å². The highest BCUT2D eigenvalue weighted by Gasteiger charge is 2.37. The van der Waals surface area contributed by atoms with E-state index in [0.717, 1.165) is 29.4 Å². The van der Waals surface area contributed by atoms with Crippen LogP contribution in [0.1, 0.15) is 32.3 Å². The number of nitrogens with two attached hydrogens (primary N) is 2. The van der Waals surface area contributed by atoms with Crippen LogP contribution in [0.25, 0.3) is 0 Å². The number of piperidine rings is 1. The first-order valence-electron chi connectivity index (χ1n) is 7.42. The summed E-state index contributed by atoms with van der Waals surface area (Å²) in [4.78, 5) is 14.7. The number of likely N-dealkylation sites (tertiary alicyclic amines) is 1. The van der Waals surface area contributed by atoms with Crippen LogP contribution >= 0.6 is 15.9 Å². The summed E-state index contributed by atoms with van der Waals surface area (Å²) < 4.78 is 0.976. The van der Waals surface area contributed by atoms with Crippen molar-refractivity contribution in [3.05, 3.63) is 34.3 Å². The first-order valence-corrected chi connectivity index (χ1v) is 8.21. The SMILES string of the molecule is CC(N)C1CCCN(C(=O)C(C)(N)c2ccc(Br)cc2)C1. The third-order valence-corrected chi connectivity index (χ3v) is 4.91. The Morgan fingerprint density at radius 1 is 1.43 bits per heavy atom. The fourth-order valence-electron chi connectivity index (χ4n) is 2.87. The Hall–Kier alpha value is -0.910. The maximum atomic E-state index is 12.8. The van der Waals surface area contributed by atoms with Crippen LogP contribution in [0, 0.1) is 5.92 Å². The van der Waals surface area contributed by atoms with Crippen LogP contribution in [0.5, 0.6) is 0 Å². The van der Waals surface area contributed by atoms with E-state index < -0.39 is 5.54 Å². The van der Waals surface area contributed by atoms with Crippen LogP contribution in [0.2, 0.25) is 0 Å². The minimum Gasteiger partial charge on any atom is -0.340 e. The lowest BCUT2D eigenvalue weighted by Crippen LogP contribution is -2.54. The molecule has 1 aromatic rings. The van der Waals surface area contributed by atoms with E-state index in [4.69, 9.17) is 11.5 Å². The van der Waals surface area contributed by atoms with Gasteiger partial charge in [0, 0.05) is 23.6 Å². The summed E-state index contributed by atoms with van der Waals surface area (Å²) in [6.07, 6.45) is 2.08. The summed E-state index contributed by atoms with van der Waals surface area (Å²) in [7, 11) is 0. The molecule has 0 aliphatic carbocycles. The van der Waals surface area contributed by atoms with Crippen LogP contribution in [0.3, 0.4) is 0 Å². The molecular weight excluding hydrogens is 330 g/mol. The molecule has 1 amide bonds. The molecule has 116 valence electrons. The summed E-state index contributed by atoms with van der Waals surface area (Å²) in [5, 5.41) is 0. The van der Waals surface area contributed by atoms with Crippen molar-refractivity contribution >= 4 is 21.8 Å². The highest BCUT2D eigenvalue weighted by atomic mass is 79.9. The van der Waals surface area contributed by atoms with E-state index in [2.05, 4.69) is 15.9 Å². The van der Waals surface area contributed by atoms with Gasteiger partial charge in [-0.05, 0) is 50.3 Å². The van der Waals surface area contributed by atoms with Crippen LogP contribution in [0.4, 0.5) is 0 Å². The Morgan fingerprint density at radius 2 is 2.05 bits per heavy atom. The Morgan fingerprint density at radius 3 is 2.62 bits per heavy atom. The van der Waals surface area contributed by atoms with Gasteiger partial charge in [0.25, 0.3) is 0 Å². The summed E-state index contributed by atoms with van der Waals surface area (Å²) in [6, 6.07) is 7.73. The van der Waals surface area contributed by atoms with Crippen molar-refractivity contribution < 1.29 is 4.79 Å². The van der Waals surface area contributed by atoms with Crippen LogP contribution in [0.15, 0.2) is 28.7 Å². The molecular formula is C16H24BrN3O. The molecule has 0 bridgehead atoms. The highest BCUT2D eigenvalue weighted by Crippen LogP contribution is 2.26. The third kappa shape index (κ3) is 3.65. The van der Waals surface area contributed by atoms with E-state index in [0.29, 0.717) is 12.5 Å². The second-order valence-corrected chi connectivity index (χ2v) is 7.14. The van der Waals surface area contributed by atoms with Gasteiger partial charge in [0.05, 0.1) is 0 Å². The van der Waals surface area contributed by atoms with E-state index in [1.165, 1.54) is 0 Å². The number of amides is 1. The maximum Gasteiger partial charge on any atom is 0.246 e. The topological polar surface area (TPSA) is 72.3 Å². The van der Waals surface area contributed by atoms with E-state index in [-0.39, 0.29) is 11.9 Å². The molecule has 1 aliphatic rings. The van der Waals surface area contributed by atoms with Crippen molar-refractivity contribution in [2.24, 2.45) is 17.4 Å². The Bertz CT molecular complexity index is 499. The fourth-order valence-corrected chi connectivity index (χ4v) is 3.14. The van der Waals surface area contributed by atoms with Gasteiger partial charge in [0.1, 0.15) is 5.54 Å². The van der Waals surface area contributed by atoms with Crippen LogP contribution < -0.4 is 11.5 Å². The zero-order chi connectivity index (χ0) is 15.6. The van der Waals surface area contributed by atoms with Crippen molar-refractivity contribution in [3.8, 4) is 0 Å². The number of carbonyl (C=O) groups excluding carboxylic acids is 1. The molecule has 4 nitrogen and oxygen atoms in total. The molecule has 2 rings (SSSR count). The fraction of sp³-hybridized carbons (Fsp3) is 0.562. The molecule has 5 heteroatoms. The molecule has 3 unspecified atom stereocenters. The molecule has 0 saturated carbocycles. The Balaban J connectivity index is 2.15. The minimum atomic E-state index is -1.000. The first kappa shape index (κ1) is 16.5. The first-order chi connectivity index (χ1) is 9.82. The number of benzene rings is 1. The molecule has 1 heterocycles. The zero-order valence-electron chi connectivity index (χ0n) is 12.7. The molecule has 4 N–H and O–H groups in total. The van der Waals surface area contributed by atoms with E-state index >= 15 is 0 Å². The van der Waals surface area contributed by atoms with E-state index in [9.17, 15) is 4.79 Å². The molecule has 1 aromatic carbocycles. The monoisotopic (exact) mass is 353 g/mol. The zero-order valence-corrected chi connectivity index (χ0v) is 14.3. The molecule has 3 atom stereocenters. The number of rotatable bonds is 3. The predicted molar refractivity (Wildman–Crippen MR) is 88.6 cm³/mol. The van der Waals surface area contributed by atoms with Crippen molar-refractivity contribution in [3.63, 3.8) is 0 Å². The van der Waals surface area contributed by atoms with E-state index in [1.54, 1.807) is 6.92 Å². The highest BCUT2D eigenvalue weighted by molar-refractivity contribution is 9.10. The number of carbonyl (C=O) groups is 1. The van der Waals surface area contributed by atoms with Gasteiger partial charge in [-0.2, -0.15) is 0 Å². The summed E-state index contributed by atoms with van der Waals surface area (Å²) in [6.45, 7) is 5.27. The standard InChI is InChI=1S/C16H24BrN3O/c1-11(18)12-4-3-9-20(10-12)15(21)16(2,19)13-5-7-14(17)8-6-13/h5-8,11-12H,3-4,9-10,18-19H2,1-2H3. The van der Waals surface area contributed by atoms with Crippen LogP contribution in [-0.4, -0.2) is 29.9 Å². The van der Waals surface area contributed by atoms with Gasteiger partial charge >= 0.3 is 0 Å². The maximum absolute atomic E-state index is 12.8. The molecule has 0 spiro atoms. The van der Waals surface area contributed by atoms with Crippen LogP contribution in [-0.2, 0) is 10.3 Å². The Labute approximate surface area is 135 Å². The molecule has 1 fully saturated rings. The lowest BCUT2D eigenvalue weighted by molar-refractivity contribution is -0.138. The molecule has 0 radical (unpaired) electrons. The molecule has 1 saturated heterocycles. The van der Waals surface area contributed by atoms with Gasteiger partial charge in [0.2, 0.25) is 5.91 Å². The van der Waals surface area contributed by atoms with Gasteiger partial charge in [-0.1, -0.05) is 28.1 Å². The molecule has 21 heavy (non-hydrogen) atoms. The average Bonchev–Trinajstić information content (AvgIpc) is 2.47. The summed E-state index contributed by atoms with van der Waals surface area (Å²) in [5.41, 5.74) is 12.2. The molecule has 1 aliphatic heterocycles. The third-order valence-electron chi connectivity index (χ3n) is 4.38. The van der Waals surface area contributed by atoms with Gasteiger partial charge in [-0.3, -0.25) is 4.79 Å². The van der Waals surface area contributed by atoms with Crippen molar-refractivity contribution in [1.29, 1.82) is 0 Å². The lowest BCUT2D eigenvalue weighted by Gasteiger charge is -2.38. The van der Waals surface area contributed by atoms with Gasteiger partial charge in [-0.15, -0.1) is 0 Å². The number of nitrogens with zero attached hydrogens (tertiary/aromatic N) is 1. The van der Waals surface area contributed by atoms with Crippen molar-refractivity contribution in [2.45, 2.75) is 38.3 Å². The number of hydrogen-bond acceptors (Lipinski definition) is 3. The summed E-state index contributed by atoms with van der Waals surface area (Å²) in [5.74, 6) is 0.346. The van der Waals surface area contributed by atoms with Gasteiger partial charge < -0.3 is 16.4 Å². The second-order valence-electron chi connectivity index (χ2n) is 6.22. The average molecular weight is 354 g/mol. The normalized spacial score (nSPS) is 23.5. The predicted octanol–water partition coefficient (Wildman–Crippen LogP) is 2.21. The number of hydrogen-bond donors (Lipinski definition) is 2. The van der Waals surface area contributed by atoms with Gasteiger partial charge in [0.15, 0.2) is 0 Å². The van der Waals surface area contributed by atoms with Crippen molar-refractivity contribution in [2.75, 3.05) is 13.1 Å². The largest absolute Gasteiger partial charge is 0.340 e. The van der Waals surface area contributed by atoms with Gasteiger partial charge in [-0.25, -0.2) is 0 Å². The van der Waals surface area contributed by atoms with Crippen molar-refractivity contribution in [1.82, 2.24) is 4.90 Å².